The number of anilines is 1. The third-order valence-corrected chi connectivity index (χ3v) is 5.02. The summed E-state index contributed by atoms with van der Waals surface area (Å²) >= 11 is 0. The molecule has 2 heterocycles. The summed E-state index contributed by atoms with van der Waals surface area (Å²) in [6, 6.07) is 11.0. The van der Waals surface area contributed by atoms with Crippen molar-refractivity contribution in [1.82, 2.24) is 15.1 Å². The summed E-state index contributed by atoms with van der Waals surface area (Å²) in [5.41, 5.74) is 1.18. The van der Waals surface area contributed by atoms with Crippen molar-refractivity contribution in [3.05, 3.63) is 54.0 Å². The van der Waals surface area contributed by atoms with Gasteiger partial charge >= 0.3 is 12.1 Å². The molecule has 1 aromatic heterocycles. The molecule has 3 rings (SSSR count). The molecule has 0 saturated carbocycles. The second kappa shape index (κ2) is 11.7. The van der Waals surface area contributed by atoms with Gasteiger partial charge < -0.3 is 29.4 Å². The number of hydrogen-bond donors (Lipinski definition) is 2. The fraction of sp³-hybridized carbons (Fsp3) is 0.500. The van der Waals surface area contributed by atoms with Crippen molar-refractivity contribution in [2.24, 2.45) is 0 Å². The molecule has 1 fully saturated rings. The lowest BCUT2D eigenvalue weighted by Crippen LogP contribution is -2.51. The molecule has 2 N–H and O–H groups in total. The number of furan rings is 1. The van der Waals surface area contributed by atoms with E-state index in [1.54, 1.807) is 11.2 Å². The van der Waals surface area contributed by atoms with Gasteiger partial charge in [-0.2, -0.15) is 0 Å². The molecule has 1 aromatic carbocycles. The van der Waals surface area contributed by atoms with Crippen molar-refractivity contribution in [2.45, 2.75) is 39.6 Å². The molecule has 0 spiro atoms. The topological polar surface area (TPSA) is 96.3 Å². The molecule has 0 aliphatic carbocycles. The average molecular weight is 459 g/mol. The van der Waals surface area contributed by atoms with Crippen LogP contribution in [0.2, 0.25) is 0 Å². The van der Waals surface area contributed by atoms with E-state index in [-0.39, 0.29) is 12.1 Å². The van der Waals surface area contributed by atoms with Crippen molar-refractivity contribution < 1.29 is 23.5 Å². The van der Waals surface area contributed by atoms with Gasteiger partial charge in [0.05, 0.1) is 12.9 Å². The third-order valence-electron chi connectivity index (χ3n) is 5.02. The van der Waals surface area contributed by atoms with E-state index in [1.165, 1.54) is 0 Å². The molecule has 0 radical (unpaired) electrons. The van der Waals surface area contributed by atoms with Crippen LogP contribution in [0.1, 0.15) is 32.1 Å². The van der Waals surface area contributed by atoms with Gasteiger partial charge in [0.25, 0.3) is 0 Å². The highest BCUT2D eigenvalue weighted by molar-refractivity contribution is 5.89. The Hall–Kier alpha value is -3.04. The summed E-state index contributed by atoms with van der Waals surface area (Å²) in [6.07, 6.45) is 1.35. The van der Waals surface area contributed by atoms with Gasteiger partial charge in [-0.3, -0.25) is 4.90 Å². The Balaban J connectivity index is 1.32. The van der Waals surface area contributed by atoms with Gasteiger partial charge in [-0.25, -0.2) is 9.59 Å². The summed E-state index contributed by atoms with van der Waals surface area (Å²) in [5, 5.41) is 5.74. The number of hydrogen-bond acceptors (Lipinski definition) is 6. The van der Waals surface area contributed by atoms with E-state index >= 15 is 0 Å². The van der Waals surface area contributed by atoms with Crippen LogP contribution in [-0.2, 0) is 22.7 Å². The first-order chi connectivity index (χ1) is 15.8. The Labute approximate surface area is 195 Å². The maximum absolute atomic E-state index is 12.3. The summed E-state index contributed by atoms with van der Waals surface area (Å²) in [6.45, 7) is 10.4. The van der Waals surface area contributed by atoms with Crippen LogP contribution >= 0.6 is 0 Å². The zero-order valence-electron chi connectivity index (χ0n) is 19.6. The summed E-state index contributed by atoms with van der Waals surface area (Å²) in [4.78, 5) is 28.3. The number of nitrogens with zero attached hydrogens (tertiary/aromatic N) is 2. The van der Waals surface area contributed by atoms with E-state index in [0.717, 1.165) is 31.0 Å². The zero-order valence-corrected chi connectivity index (χ0v) is 19.6. The highest BCUT2D eigenvalue weighted by Gasteiger charge is 2.25. The SMILES string of the molecule is CC(C)(C)OC(=O)N1CCN(CCNC(=O)Nc2cccc(COCc3ccco3)c2)CC1. The fourth-order valence-electron chi connectivity index (χ4n) is 3.39. The van der Waals surface area contributed by atoms with Gasteiger partial charge in [0.15, 0.2) is 0 Å². The molecule has 3 amide bonds. The number of ether oxygens (including phenoxy) is 2. The Morgan fingerprint density at radius 1 is 1.06 bits per heavy atom. The van der Waals surface area contributed by atoms with E-state index in [0.29, 0.717) is 38.5 Å². The van der Waals surface area contributed by atoms with Gasteiger partial charge in [0, 0.05) is 45.0 Å². The summed E-state index contributed by atoms with van der Waals surface area (Å²) in [7, 11) is 0. The number of rotatable bonds is 8. The molecule has 1 saturated heterocycles. The van der Waals surface area contributed by atoms with Crippen molar-refractivity contribution in [3.63, 3.8) is 0 Å². The fourth-order valence-corrected chi connectivity index (χ4v) is 3.39. The van der Waals surface area contributed by atoms with E-state index in [4.69, 9.17) is 13.9 Å². The quantitative estimate of drug-likeness (QED) is 0.627. The number of amides is 3. The smallest absolute Gasteiger partial charge is 0.410 e. The van der Waals surface area contributed by atoms with Gasteiger partial charge in [-0.1, -0.05) is 12.1 Å². The number of urea groups is 1. The van der Waals surface area contributed by atoms with Gasteiger partial charge in [0.1, 0.15) is 18.0 Å². The highest BCUT2D eigenvalue weighted by Crippen LogP contribution is 2.13. The largest absolute Gasteiger partial charge is 0.467 e. The molecular formula is C24H34N4O5. The molecular weight excluding hydrogens is 424 g/mol. The van der Waals surface area contributed by atoms with Crippen LogP contribution in [0.4, 0.5) is 15.3 Å². The number of carbonyl (C=O) groups excluding carboxylic acids is 2. The maximum Gasteiger partial charge on any atom is 0.410 e. The zero-order chi connectivity index (χ0) is 23.7. The normalized spacial score (nSPS) is 14.7. The summed E-state index contributed by atoms with van der Waals surface area (Å²) in [5.74, 6) is 0.773. The molecule has 33 heavy (non-hydrogen) atoms. The van der Waals surface area contributed by atoms with Gasteiger partial charge in [0.2, 0.25) is 0 Å². The first-order valence-electron chi connectivity index (χ1n) is 11.2. The number of nitrogens with one attached hydrogen (secondary N) is 2. The van der Waals surface area contributed by atoms with Crippen molar-refractivity contribution in [2.75, 3.05) is 44.6 Å². The Kier molecular flexibility index (Phi) is 8.73. The van der Waals surface area contributed by atoms with Crippen LogP contribution in [0.5, 0.6) is 0 Å². The molecule has 0 bridgehead atoms. The second-order valence-corrected chi connectivity index (χ2v) is 8.96. The van der Waals surface area contributed by atoms with E-state index < -0.39 is 5.60 Å². The Morgan fingerprint density at radius 3 is 2.55 bits per heavy atom. The monoisotopic (exact) mass is 458 g/mol. The average Bonchev–Trinajstić information content (AvgIpc) is 3.27. The molecule has 0 unspecified atom stereocenters. The minimum atomic E-state index is -0.488. The molecule has 0 atom stereocenters. The third kappa shape index (κ3) is 8.78. The molecule has 1 aliphatic rings. The maximum atomic E-state index is 12.3. The van der Waals surface area contributed by atoms with Crippen molar-refractivity contribution in [3.8, 4) is 0 Å². The van der Waals surface area contributed by atoms with E-state index in [2.05, 4.69) is 15.5 Å². The standard InChI is InChI=1S/C24H34N4O5/c1-24(2,3)33-23(30)28-13-11-27(12-14-28)10-9-25-22(29)26-20-7-4-6-19(16-20)17-31-18-21-8-5-15-32-21/h4-8,15-16H,9-14,17-18H2,1-3H3,(H2,25,26,29). The molecule has 9 heteroatoms. The van der Waals surface area contributed by atoms with Crippen LogP contribution in [0.25, 0.3) is 0 Å². The van der Waals surface area contributed by atoms with E-state index in [9.17, 15) is 9.59 Å². The predicted molar refractivity (Wildman–Crippen MR) is 125 cm³/mol. The lowest BCUT2D eigenvalue weighted by atomic mass is 10.2. The minimum absolute atomic E-state index is 0.254. The number of piperazine rings is 1. The van der Waals surface area contributed by atoms with Gasteiger partial charge in [-0.05, 0) is 50.6 Å². The minimum Gasteiger partial charge on any atom is -0.467 e. The molecule has 180 valence electrons. The van der Waals surface area contributed by atoms with Crippen molar-refractivity contribution >= 4 is 17.8 Å². The molecule has 1 aliphatic heterocycles. The Bertz CT molecular complexity index is 887. The lowest BCUT2D eigenvalue weighted by Gasteiger charge is -2.35. The van der Waals surface area contributed by atoms with Crippen LogP contribution in [0.15, 0.2) is 47.1 Å². The first kappa shape index (κ1) is 24.6. The van der Waals surface area contributed by atoms with E-state index in [1.807, 2.05) is 57.2 Å². The van der Waals surface area contributed by atoms with Crippen LogP contribution in [0, 0.1) is 0 Å². The second-order valence-electron chi connectivity index (χ2n) is 8.96. The van der Waals surface area contributed by atoms with Gasteiger partial charge in [-0.15, -0.1) is 0 Å². The van der Waals surface area contributed by atoms with Crippen LogP contribution in [0.3, 0.4) is 0 Å². The predicted octanol–water partition coefficient (Wildman–Crippen LogP) is 3.67. The molecule has 2 aromatic rings. The Morgan fingerprint density at radius 2 is 1.85 bits per heavy atom. The van der Waals surface area contributed by atoms with Crippen LogP contribution in [-0.4, -0.2) is 66.8 Å². The number of benzene rings is 1. The lowest BCUT2D eigenvalue weighted by molar-refractivity contribution is 0.0147. The van der Waals surface area contributed by atoms with Crippen molar-refractivity contribution in [1.29, 1.82) is 0 Å². The molecule has 9 nitrogen and oxygen atoms in total. The van der Waals surface area contributed by atoms with Crippen LogP contribution < -0.4 is 10.6 Å². The first-order valence-corrected chi connectivity index (χ1v) is 11.2. The highest BCUT2D eigenvalue weighted by atomic mass is 16.6. The number of carbonyl (C=O) groups is 2. The summed E-state index contributed by atoms with van der Waals surface area (Å²) < 4.78 is 16.3.